The van der Waals surface area contributed by atoms with Gasteiger partial charge >= 0.3 is 0 Å². The number of nitrogens with zero attached hydrogens (tertiary/aromatic N) is 3. The van der Waals surface area contributed by atoms with Gasteiger partial charge in [-0.25, -0.2) is 4.68 Å². The van der Waals surface area contributed by atoms with Crippen molar-refractivity contribution in [1.29, 1.82) is 0 Å². The van der Waals surface area contributed by atoms with E-state index in [1.165, 1.54) is 4.68 Å². The Bertz CT molecular complexity index is 1020. The van der Waals surface area contributed by atoms with E-state index in [1.54, 1.807) is 23.2 Å². The van der Waals surface area contributed by atoms with E-state index in [-0.39, 0.29) is 11.5 Å². The van der Waals surface area contributed by atoms with E-state index >= 15 is 0 Å². The van der Waals surface area contributed by atoms with Crippen LogP contribution in [0.1, 0.15) is 18.7 Å². The fourth-order valence-electron chi connectivity index (χ4n) is 3.29. The molecule has 1 aromatic carbocycles. The lowest BCUT2D eigenvalue weighted by atomic mass is 10.2. The van der Waals surface area contributed by atoms with Crippen molar-refractivity contribution in [1.82, 2.24) is 14.7 Å². The molecule has 1 unspecified atom stereocenters. The molecule has 4 rings (SSSR count). The number of carbonyl (C=O) groups is 1. The smallest absolute Gasteiger partial charge is 0.276 e. The van der Waals surface area contributed by atoms with Crippen LogP contribution in [-0.2, 0) is 9.53 Å². The zero-order valence-electron chi connectivity index (χ0n) is 14.2. The summed E-state index contributed by atoms with van der Waals surface area (Å²) in [4.78, 5) is 27.6. The van der Waals surface area contributed by atoms with Crippen LogP contribution in [0.4, 0.5) is 0 Å². The predicted octanol–water partition coefficient (Wildman–Crippen LogP) is 2.34. The van der Waals surface area contributed by atoms with Gasteiger partial charge in [-0.05, 0) is 19.9 Å². The minimum absolute atomic E-state index is 0.0869. The second-order valence-corrected chi connectivity index (χ2v) is 7.30. The third-order valence-electron chi connectivity index (χ3n) is 4.65. The predicted molar refractivity (Wildman–Crippen MR) is 98.2 cm³/mol. The zero-order valence-corrected chi connectivity index (χ0v) is 15.0. The molecule has 0 saturated carbocycles. The molecule has 130 valence electrons. The van der Waals surface area contributed by atoms with Gasteiger partial charge in [0.25, 0.3) is 5.56 Å². The maximum atomic E-state index is 13.1. The Labute approximate surface area is 148 Å². The molecule has 3 aromatic rings. The zero-order chi connectivity index (χ0) is 17.6. The van der Waals surface area contributed by atoms with Crippen LogP contribution in [0.3, 0.4) is 0 Å². The fraction of sp³-hybridized carbons (Fsp3) is 0.389. The minimum Gasteiger partial charge on any atom is -0.378 e. The molecule has 0 N–H and O–H groups in total. The van der Waals surface area contributed by atoms with Crippen LogP contribution in [0.2, 0.25) is 0 Å². The highest BCUT2D eigenvalue weighted by Gasteiger charge is 2.26. The Balaban J connectivity index is 1.84. The highest BCUT2D eigenvalue weighted by Crippen LogP contribution is 2.32. The van der Waals surface area contributed by atoms with Crippen LogP contribution < -0.4 is 5.56 Å². The quantitative estimate of drug-likeness (QED) is 0.706. The molecular formula is C18H19N3O3S. The van der Waals surface area contributed by atoms with E-state index in [0.29, 0.717) is 31.7 Å². The number of amides is 1. The van der Waals surface area contributed by atoms with Crippen molar-refractivity contribution in [3.63, 3.8) is 0 Å². The summed E-state index contributed by atoms with van der Waals surface area (Å²) in [6.45, 7) is 5.81. The molecule has 25 heavy (non-hydrogen) atoms. The minimum atomic E-state index is -0.632. The Morgan fingerprint density at radius 2 is 2.00 bits per heavy atom. The van der Waals surface area contributed by atoms with Crippen LogP contribution in [0.5, 0.6) is 0 Å². The monoisotopic (exact) mass is 357 g/mol. The first-order valence-electron chi connectivity index (χ1n) is 8.35. The molecule has 1 fully saturated rings. The Hall–Kier alpha value is -2.25. The van der Waals surface area contributed by atoms with Crippen LogP contribution >= 0.6 is 11.3 Å². The third kappa shape index (κ3) is 2.63. The molecule has 0 bridgehead atoms. The molecule has 0 aliphatic carbocycles. The summed E-state index contributed by atoms with van der Waals surface area (Å²) < 4.78 is 8.60. The lowest BCUT2D eigenvalue weighted by molar-refractivity contribution is -0.138. The van der Waals surface area contributed by atoms with Gasteiger partial charge in [0.1, 0.15) is 6.04 Å². The molecule has 3 heterocycles. The average molecular weight is 357 g/mol. The molecule has 1 aliphatic heterocycles. The number of aromatic nitrogens is 2. The second kappa shape index (κ2) is 6.24. The van der Waals surface area contributed by atoms with Gasteiger partial charge in [0, 0.05) is 23.2 Å². The van der Waals surface area contributed by atoms with Gasteiger partial charge in [0.2, 0.25) is 5.91 Å². The molecular weight excluding hydrogens is 338 g/mol. The topological polar surface area (TPSA) is 64.4 Å². The number of carbonyl (C=O) groups excluding carboxylic acids is 1. The summed E-state index contributed by atoms with van der Waals surface area (Å²) in [6.07, 6.45) is 0. The number of fused-ring (bicyclic) bond motifs is 3. The Morgan fingerprint density at radius 1 is 1.28 bits per heavy atom. The lowest BCUT2D eigenvalue weighted by Gasteiger charge is -2.29. The fourth-order valence-corrected chi connectivity index (χ4v) is 4.43. The maximum Gasteiger partial charge on any atom is 0.276 e. The number of rotatable bonds is 2. The number of thiophene rings is 1. The summed E-state index contributed by atoms with van der Waals surface area (Å²) in [5.74, 6) is -0.0869. The van der Waals surface area contributed by atoms with Crippen molar-refractivity contribution < 1.29 is 9.53 Å². The molecule has 1 amide bonds. The normalized spacial score (nSPS) is 16.5. The molecule has 1 aliphatic rings. The van der Waals surface area contributed by atoms with Gasteiger partial charge in [0.05, 0.1) is 29.0 Å². The summed E-state index contributed by atoms with van der Waals surface area (Å²) in [5.41, 5.74) is 0.574. The summed E-state index contributed by atoms with van der Waals surface area (Å²) in [5, 5.41) is 6.04. The first-order chi connectivity index (χ1) is 12.1. The second-order valence-electron chi connectivity index (χ2n) is 6.25. The summed E-state index contributed by atoms with van der Waals surface area (Å²) >= 11 is 1.57. The van der Waals surface area contributed by atoms with Crippen molar-refractivity contribution in [2.24, 2.45) is 0 Å². The highest BCUT2D eigenvalue weighted by atomic mass is 32.1. The van der Waals surface area contributed by atoms with E-state index in [9.17, 15) is 9.59 Å². The van der Waals surface area contributed by atoms with Gasteiger partial charge in [-0.15, -0.1) is 11.3 Å². The molecule has 2 aromatic heterocycles. The van der Waals surface area contributed by atoms with E-state index in [1.807, 2.05) is 31.2 Å². The Morgan fingerprint density at radius 3 is 2.76 bits per heavy atom. The maximum absolute atomic E-state index is 13.1. The molecule has 6 nitrogen and oxygen atoms in total. The van der Waals surface area contributed by atoms with Crippen molar-refractivity contribution in [3.8, 4) is 0 Å². The van der Waals surface area contributed by atoms with Gasteiger partial charge in [-0.2, -0.15) is 5.10 Å². The SMILES string of the molecule is Cc1nn(C(C)C(=O)N2CCOCC2)c(=O)c2c1sc1ccccc12. The van der Waals surface area contributed by atoms with Crippen molar-refractivity contribution in [2.75, 3.05) is 26.3 Å². The molecule has 1 atom stereocenters. The molecule has 0 radical (unpaired) electrons. The van der Waals surface area contributed by atoms with Crippen molar-refractivity contribution in [2.45, 2.75) is 19.9 Å². The van der Waals surface area contributed by atoms with Crippen LogP contribution in [-0.4, -0.2) is 46.9 Å². The van der Waals surface area contributed by atoms with Gasteiger partial charge in [0.15, 0.2) is 0 Å². The van der Waals surface area contributed by atoms with E-state index in [2.05, 4.69) is 5.10 Å². The number of aryl methyl sites for hydroxylation is 1. The Kier molecular flexibility index (Phi) is 4.05. The van der Waals surface area contributed by atoms with Gasteiger partial charge in [-0.3, -0.25) is 9.59 Å². The number of ether oxygens (including phenoxy) is 1. The van der Waals surface area contributed by atoms with Crippen molar-refractivity contribution >= 4 is 37.4 Å². The first-order valence-corrected chi connectivity index (χ1v) is 9.17. The highest BCUT2D eigenvalue weighted by molar-refractivity contribution is 7.26. The van der Waals surface area contributed by atoms with Gasteiger partial charge in [-0.1, -0.05) is 18.2 Å². The molecule has 7 heteroatoms. The summed E-state index contributed by atoms with van der Waals surface area (Å²) in [6, 6.07) is 7.21. The standard InChI is InChI=1S/C18H19N3O3S/c1-11-16-15(13-5-3-4-6-14(13)25-16)18(23)21(19-11)12(2)17(22)20-7-9-24-10-8-20/h3-6,12H,7-10H2,1-2H3. The number of hydrogen-bond acceptors (Lipinski definition) is 5. The number of morpholine rings is 1. The number of benzene rings is 1. The summed E-state index contributed by atoms with van der Waals surface area (Å²) in [7, 11) is 0. The van der Waals surface area contributed by atoms with E-state index < -0.39 is 6.04 Å². The molecule has 1 saturated heterocycles. The third-order valence-corrected chi connectivity index (χ3v) is 5.93. The average Bonchev–Trinajstić information content (AvgIpc) is 3.04. The van der Waals surface area contributed by atoms with E-state index in [4.69, 9.17) is 4.74 Å². The molecule has 0 spiro atoms. The van der Waals surface area contributed by atoms with Crippen LogP contribution in [0.15, 0.2) is 29.1 Å². The van der Waals surface area contributed by atoms with Crippen LogP contribution in [0, 0.1) is 6.92 Å². The lowest BCUT2D eigenvalue weighted by Crippen LogP contribution is -2.45. The largest absolute Gasteiger partial charge is 0.378 e. The van der Waals surface area contributed by atoms with Crippen LogP contribution in [0.25, 0.3) is 20.2 Å². The van der Waals surface area contributed by atoms with Gasteiger partial charge < -0.3 is 9.64 Å². The number of hydrogen-bond donors (Lipinski definition) is 0. The first kappa shape index (κ1) is 16.2. The van der Waals surface area contributed by atoms with E-state index in [0.717, 1.165) is 20.5 Å². The van der Waals surface area contributed by atoms with Crippen molar-refractivity contribution in [3.05, 3.63) is 40.3 Å².